The highest BCUT2D eigenvalue weighted by atomic mass is 35.5. The number of carbonyl (C=O) groups is 1. The number of nitrogens with zero attached hydrogens (tertiary/aromatic N) is 3. The van der Waals surface area contributed by atoms with Crippen molar-refractivity contribution >= 4 is 44.2 Å². The van der Waals surface area contributed by atoms with Crippen molar-refractivity contribution in [3.05, 3.63) is 52.5 Å². The minimum atomic E-state index is -0.118. The van der Waals surface area contributed by atoms with Crippen molar-refractivity contribution in [3.63, 3.8) is 0 Å². The van der Waals surface area contributed by atoms with Crippen LogP contribution in [0.15, 0.2) is 36.4 Å². The Hall–Kier alpha value is -2.15. The number of rotatable bonds is 7. The van der Waals surface area contributed by atoms with Crippen molar-refractivity contribution in [1.29, 1.82) is 0 Å². The van der Waals surface area contributed by atoms with Crippen LogP contribution >= 0.6 is 22.9 Å². The highest BCUT2D eigenvalue weighted by molar-refractivity contribution is 7.22. The van der Waals surface area contributed by atoms with E-state index in [-0.39, 0.29) is 12.5 Å². The third kappa shape index (κ3) is 4.82. The molecular formula is C21H24ClN3O2S. The predicted molar refractivity (Wildman–Crippen MR) is 117 cm³/mol. The van der Waals surface area contributed by atoms with Gasteiger partial charge >= 0.3 is 0 Å². The van der Waals surface area contributed by atoms with Crippen molar-refractivity contribution in [3.8, 4) is 5.75 Å². The first-order valence-corrected chi connectivity index (χ1v) is 10.2. The van der Waals surface area contributed by atoms with Gasteiger partial charge in [0.05, 0.1) is 10.2 Å². The molecule has 3 aromatic rings. The number of aromatic nitrogens is 1. The molecule has 148 valence electrons. The predicted octanol–water partition coefficient (Wildman–Crippen LogP) is 4.54. The maximum absolute atomic E-state index is 13.0. The van der Waals surface area contributed by atoms with Crippen LogP contribution in [0.25, 0.3) is 10.2 Å². The maximum atomic E-state index is 13.0. The highest BCUT2D eigenvalue weighted by Gasteiger charge is 2.21. The van der Waals surface area contributed by atoms with Gasteiger partial charge in [0.25, 0.3) is 5.91 Å². The Kier molecular flexibility index (Phi) is 6.54. The summed E-state index contributed by atoms with van der Waals surface area (Å²) in [6.45, 7) is 5.17. The Balaban J connectivity index is 1.85. The van der Waals surface area contributed by atoms with E-state index in [9.17, 15) is 4.79 Å². The summed E-state index contributed by atoms with van der Waals surface area (Å²) in [6, 6.07) is 11.5. The number of fused-ring (bicyclic) bond motifs is 1. The van der Waals surface area contributed by atoms with Crippen LogP contribution < -0.4 is 9.64 Å². The molecule has 0 N–H and O–H groups in total. The number of anilines is 1. The van der Waals surface area contributed by atoms with Gasteiger partial charge in [0, 0.05) is 18.1 Å². The molecule has 0 unspecified atom stereocenters. The summed E-state index contributed by atoms with van der Waals surface area (Å²) in [5.74, 6) is 0.600. The molecule has 0 aliphatic rings. The van der Waals surface area contributed by atoms with Gasteiger partial charge in [-0.15, -0.1) is 0 Å². The van der Waals surface area contributed by atoms with Crippen molar-refractivity contribution in [2.45, 2.75) is 13.8 Å². The molecule has 2 aromatic carbocycles. The Morgan fingerprint density at radius 2 is 1.89 bits per heavy atom. The fraction of sp³-hybridized carbons (Fsp3) is 0.333. The molecular weight excluding hydrogens is 394 g/mol. The molecule has 0 aliphatic carbocycles. The average Bonchev–Trinajstić information content (AvgIpc) is 3.05. The summed E-state index contributed by atoms with van der Waals surface area (Å²) in [7, 11) is 3.96. The lowest BCUT2D eigenvalue weighted by molar-refractivity contribution is -0.120. The molecule has 7 heteroatoms. The number of para-hydroxylation sites is 1. The molecule has 28 heavy (non-hydrogen) atoms. The van der Waals surface area contributed by atoms with Gasteiger partial charge in [-0.2, -0.15) is 0 Å². The second-order valence-corrected chi connectivity index (χ2v) is 8.41. The average molecular weight is 418 g/mol. The van der Waals surface area contributed by atoms with Crippen molar-refractivity contribution < 1.29 is 9.53 Å². The number of amides is 1. The molecule has 0 radical (unpaired) electrons. The normalized spacial score (nSPS) is 11.2. The molecule has 0 saturated heterocycles. The molecule has 0 atom stereocenters. The van der Waals surface area contributed by atoms with Gasteiger partial charge in [-0.05, 0) is 57.3 Å². The first kappa shape index (κ1) is 20.6. The molecule has 0 saturated carbocycles. The largest absolute Gasteiger partial charge is 0.483 e. The van der Waals surface area contributed by atoms with E-state index >= 15 is 0 Å². The fourth-order valence-electron chi connectivity index (χ4n) is 2.82. The minimum Gasteiger partial charge on any atom is -0.483 e. The smallest absolute Gasteiger partial charge is 0.266 e. The van der Waals surface area contributed by atoms with E-state index in [2.05, 4.69) is 0 Å². The summed E-state index contributed by atoms with van der Waals surface area (Å²) in [5, 5.41) is 1.34. The summed E-state index contributed by atoms with van der Waals surface area (Å²) < 4.78 is 6.75. The van der Waals surface area contributed by atoms with Crippen LogP contribution in [-0.2, 0) is 4.79 Å². The maximum Gasteiger partial charge on any atom is 0.266 e. The van der Waals surface area contributed by atoms with Crippen molar-refractivity contribution in [2.75, 3.05) is 38.7 Å². The molecule has 1 heterocycles. The summed E-state index contributed by atoms with van der Waals surface area (Å²) in [6.07, 6.45) is 0. The fourth-order valence-corrected chi connectivity index (χ4v) is 4.28. The monoisotopic (exact) mass is 417 g/mol. The summed E-state index contributed by atoms with van der Waals surface area (Å²) >= 11 is 7.66. The molecule has 0 spiro atoms. The Morgan fingerprint density at radius 3 is 2.61 bits per heavy atom. The zero-order chi connectivity index (χ0) is 20.3. The Labute approximate surface area is 174 Å². The third-order valence-electron chi connectivity index (χ3n) is 4.39. The van der Waals surface area contributed by atoms with E-state index in [1.54, 1.807) is 4.90 Å². The van der Waals surface area contributed by atoms with Gasteiger partial charge < -0.3 is 9.64 Å². The number of ether oxygens (including phenoxy) is 1. The van der Waals surface area contributed by atoms with Gasteiger partial charge in [-0.25, -0.2) is 4.98 Å². The van der Waals surface area contributed by atoms with E-state index in [1.807, 2.05) is 69.2 Å². The second-order valence-electron chi connectivity index (χ2n) is 6.97. The summed E-state index contributed by atoms with van der Waals surface area (Å²) in [4.78, 5) is 21.5. The molecule has 0 aliphatic heterocycles. The van der Waals surface area contributed by atoms with Gasteiger partial charge in [0.15, 0.2) is 11.7 Å². The van der Waals surface area contributed by atoms with Crippen molar-refractivity contribution in [2.24, 2.45) is 0 Å². The number of likely N-dealkylation sites (N-methyl/N-ethyl adjacent to an activating group) is 1. The molecule has 0 fully saturated rings. The third-order valence-corrected chi connectivity index (χ3v) is 5.63. The number of aryl methyl sites for hydroxylation is 2. The van der Waals surface area contributed by atoms with Gasteiger partial charge in [-0.1, -0.05) is 41.1 Å². The standard InChI is InChI=1S/C21H24ClN3O2S/c1-14-7-5-6-8-17(14)27-13-19(26)25(10-9-24(3)4)21-23-20-15(2)11-16(22)12-18(20)28-21/h5-8,11-12H,9-10,13H2,1-4H3. The SMILES string of the molecule is Cc1ccccc1OCC(=O)N(CCN(C)C)c1nc2c(C)cc(Cl)cc2s1. The van der Waals surface area contributed by atoms with E-state index in [0.29, 0.717) is 16.7 Å². The van der Waals surface area contributed by atoms with Gasteiger partial charge in [0.1, 0.15) is 5.75 Å². The lowest BCUT2D eigenvalue weighted by Gasteiger charge is -2.22. The highest BCUT2D eigenvalue weighted by Crippen LogP contribution is 2.33. The zero-order valence-corrected chi connectivity index (χ0v) is 18.1. The first-order valence-electron chi connectivity index (χ1n) is 9.05. The summed E-state index contributed by atoms with van der Waals surface area (Å²) in [5.41, 5.74) is 2.88. The topological polar surface area (TPSA) is 45.7 Å². The molecule has 1 amide bonds. The van der Waals surface area contributed by atoms with Crippen molar-refractivity contribution in [1.82, 2.24) is 9.88 Å². The minimum absolute atomic E-state index is 0.0338. The number of carbonyl (C=O) groups excluding carboxylic acids is 1. The zero-order valence-electron chi connectivity index (χ0n) is 16.5. The number of hydrogen-bond donors (Lipinski definition) is 0. The Bertz CT molecular complexity index is 987. The second kappa shape index (κ2) is 8.90. The number of thiazole rings is 1. The lowest BCUT2D eigenvalue weighted by Crippen LogP contribution is -2.39. The number of benzene rings is 2. The lowest BCUT2D eigenvalue weighted by atomic mass is 10.2. The molecule has 1 aromatic heterocycles. The van der Waals surface area contributed by atoms with Gasteiger partial charge in [-0.3, -0.25) is 9.69 Å². The van der Waals surface area contributed by atoms with Crippen LogP contribution in [0.1, 0.15) is 11.1 Å². The van der Waals surface area contributed by atoms with Crippen LogP contribution in [0.2, 0.25) is 5.02 Å². The van der Waals surface area contributed by atoms with Crippen LogP contribution in [0.3, 0.4) is 0 Å². The van der Waals surface area contributed by atoms with Crippen LogP contribution in [-0.4, -0.2) is 49.6 Å². The van der Waals surface area contributed by atoms with Crippen LogP contribution in [0.4, 0.5) is 5.13 Å². The van der Waals surface area contributed by atoms with Crippen LogP contribution in [0, 0.1) is 13.8 Å². The van der Waals surface area contributed by atoms with E-state index < -0.39 is 0 Å². The first-order chi connectivity index (χ1) is 13.3. The Morgan fingerprint density at radius 1 is 1.14 bits per heavy atom. The molecule has 0 bridgehead atoms. The van der Waals surface area contributed by atoms with Gasteiger partial charge in [0.2, 0.25) is 0 Å². The molecule has 5 nitrogen and oxygen atoms in total. The van der Waals surface area contributed by atoms with E-state index in [0.717, 1.165) is 33.6 Å². The number of halogens is 1. The van der Waals surface area contributed by atoms with Crippen LogP contribution in [0.5, 0.6) is 5.75 Å². The number of hydrogen-bond acceptors (Lipinski definition) is 5. The quantitative estimate of drug-likeness (QED) is 0.566. The molecule has 3 rings (SSSR count). The van der Waals surface area contributed by atoms with E-state index in [4.69, 9.17) is 21.3 Å². The van der Waals surface area contributed by atoms with E-state index in [1.165, 1.54) is 11.3 Å².